The van der Waals surface area contributed by atoms with E-state index in [2.05, 4.69) is 56.3 Å². The molecule has 0 radical (unpaired) electrons. The number of hydrogen-bond donors (Lipinski definition) is 0. The quantitative estimate of drug-likeness (QED) is 0.379. The molecule has 0 aromatic heterocycles. The van der Waals surface area contributed by atoms with Gasteiger partial charge in [0.05, 0.1) is 5.56 Å². The Morgan fingerprint density at radius 1 is 0.848 bits per heavy atom. The summed E-state index contributed by atoms with van der Waals surface area (Å²) in [6, 6.07) is 19.3. The minimum Gasteiger partial charge on any atom is -0.459 e. The van der Waals surface area contributed by atoms with E-state index in [4.69, 9.17) is 4.74 Å². The molecule has 0 bridgehead atoms. The van der Waals surface area contributed by atoms with Gasteiger partial charge < -0.3 is 4.74 Å². The van der Waals surface area contributed by atoms with Crippen molar-refractivity contribution < 1.29 is 9.53 Å². The molecule has 2 nitrogen and oxygen atoms in total. The molecule has 0 heterocycles. The van der Waals surface area contributed by atoms with E-state index in [9.17, 15) is 4.79 Å². The average molecular weight is 447 g/mol. The summed E-state index contributed by atoms with van der Waals surface area (Å²) < 4.78 is 5.84. The van der Waals surface area contributed by atoms with Gasteiger partial charge in [0, 0.05) is 0 Å². The lowest BCUT2D eigenvalue weighted by molar-refractivity contribution is 0.0161. The summed E-state index contributed by atoms with van der Waals surface area (Å²) in [7, 11) is 0. The third-order valence-corrected chi connectivity index (χ3v) is 8.28. The van der Waals surface area contributed by atoms with Gasteiger partial charge >= 0.3 is 5.97 Å². The Morgan fingerprint density at radius 3 is 2.12 bits per heavy atom. The maximum Gasteiger partial charge on any atom is 0.338 e. The fraction of sp³-hybridized carbons (Fsp3) is 0.581. The molecule has 2 aromatic carbocycles. The Bertz CT molecular complexity index is 840. The Hall–Kier alpha value is -2.09. The van der Waals surface area contributed by atoms with Crippen LogP contribution in [0.5, 0.6) is 0 Å². The van der Waals surface area contributed by atoms with E-state index in [-0.39, 0.29) is 12.1 Å². The van der Waals surface area contributed by atoms with Gasteiger partial charge in [-0.15, -0.1) is 0 Å². The smallest absolute Gasteiger partial charge is 0.338 e. The summed E-state index contributed by atoms with van der Waals surface area (Å²) in [5.74, 6) is 2.80. The highest BCUT2D eigenvalue weighted by molar-refractivity contribution is 5.89. The van der Waals surface area contributed by atoms with Crippen molar-refractivity contribution in [3.63, 3.8) is 0 Å². The number of carbonyl (C=O) groups is 1. The second kappa shape index (κ2) is 11.9. The van der Waals surface area contributed by atoms with Crippen LogP contribution in [0.1, 0.15) is 118 Å². The van der Waals surface area contributed by atoms with E-state index in [1.54, 1.807) is 0 Å². The first-order chi connectivity index (χ1) is 16.1. The van der Waals surface area contributed by atoms with Crippen molar-refractivity contribution in [2.75, 3.05) is 0 Å². The fourth-order valence-corrected chi connectivity index (χ4v) is 6.21. The first-order valence-corrected chi connectivity index (χ1v) is 13.5. The largest absolute Gasteiger partial charge is 0.459 e. The van der Waals surface area contributed by atoms with Crippen LogP contribution >= 0.6 is 0 Å². The average Bonchev–Trinajstić information content (AvgIpc) is 2.86. The molecule has 33 heavy (non-hydrogen) atoms. The summed E-state index contributed by atoms with van der Waals surface area (Å²) in [5, 5.41) is 0. The third kappa shape index (κ3) is 6.71. The molecule has 2 saturated carbocycles. The van der Waals surface area contributed by atoms with Gasteiger partial charge in [-0.2, -0.15) is 0 Å². The Morgan fingerprint density at radius 2 is 1.48 bits per heavy atom. The van der Waals surface area contributed by atoms with E-state index in [0.717, 1.165) is 24.7 Å². The van der Waals surface area contributed by atoms with Crippen molar-refractivity contribution in [2.45, 2.75) is 102 Å². The van der Waals surface area contributed by atoms with Gasteiger partial charge in [-0.25, -0.2) is 4.79 Å². The van der Waals surface area contributed by atoms with Crippen LogP contribution in [-0.4, -0.2) is 12.1 Å². The van der Waals surface area contributed by atoms with Gasteiger partial charge in [-0.1, -0.05) is 69.2 Å². The topological polar surface area (TPSA) is 26.3 Å². The molecule has 178 valence electrons. The Kier molecular flexibility index (Phi) is 8.64. The predicted molar refractivity (Wildman–Crippen MR) is 137 cm³/mol. The van der Waals surface area contributed by atoms with Gasteiger partial charge in [0.25, 0.3) is 0 Å². The molecule has 0 amide bonds. The molecule has 2 fully saturated rings. The van der Waals surface area contributed by atoms with Crippen LogP contribution in [0.15, 0.2) is 54.6 Å². The number of hydrogen-bond acceptors (Lipinski definition) is 2. The van der Waals surface area contributed by atoms with E-state index in [0.29, 0.717) is 17.4 Å². The molecule has 2 aliphatic carbocycles. The van der Waals surface area contributed by atoms with Crippen molar-refractivity contribution in [1.29, 1.82) is 0 Å². The van der Waals surface area contributed by atoms with Crippen LogP contribution in [0.3, 0.4) is 0 Å². The second-order valence-electron chi connectivity index (χ2n) is 10.7. The Labute approximate surface area is 201 Å². The van der Waals surface area contributed by atoms with Crippen LogP contribution < -0.4 is 0 Å². The lowest BCUT2D eigenvalue weighted by Crippen LogP contribution is -2.24. The number of carbonyl (C=O) groups excluding carboxylic acids is 1. The number of benzene rings is 2. The summed E-state index contributed by atoms with van der Waals surface area (Å²) in [6.07, 6.45) is 13.6. The lowest BCUT2D eigenvalue weighted by atomic mass is 9.75. The number of rotatable bonds is 8. The highest BCUT2D eigenvalue weighted by atomic mass is 16.5. The maximum atomic E-state index is 12.6. The molecule has 2 aliphatic rings. The maximum absolute atomic E-state index is 12.6. The van der Waals surface area contributed by atoms with Crippen molar-refractivity contribution in [3.8, 4) is 0 Å². The van der Waals surface area contributed by atoms with Gasteiger partial charge in [0.1, 0.15) is 6.10 Å². The van der Waals surface area contributed by atoms with Crippen molar-refractivity contribution in [2.24, 2.45) is 11.8 Å². The molecule has 2 heteroatoms. The van der Waals surface area contributed by atoms with Crippen molar-refractivity contribution in [3.05, 3.63) is 71.3 Å². The molecule has 1 unspecified atom stereocenters. The first-order valence-electron chi connectivity index (χ1n) is 13.5. The predicted octanol–water partition coefficient (Wildman–Crippen LogP) is 8.67. The molecule has 1 atom stereocenters. The highest BCUT2D eigenvalue weighted by Crippen LogP contribution is 2.39. The monoisotopic (exact) mass is 446 g/mol. The summed E-state index contributed by atoms with van der Waals surface area (Å²) in [5.41, 5.74) is 3.57. The standard InChI is InChI=1S/C31H42O2/c1-3-7-24-12-20-30(21-13-24)33-31(32)29-18-16-28(17-19-29)27-14-10-25(11-15-27)22-23(2)26-8-5-4-6-9-26/h4-6,8-9,16-19,23-25,27,30H,3,7,10-15,20-22H2,1-2H3. The van der Waals surface area contributed by atoms with Crippen LogP contribution in [0.2, 0.25) is 0 Å². The molecule has 0 aliphatic heterocycles. The van der Waals surface area contributed by atoms with E-state index in [1.165, 1.54) is 68.9 Å². The van der Waals surface area contributed by atoms with Crippen LogP contribution in [0, 0.1) is 11.8 Å². The zero-order valence-corrected chi connectivity index (χ0v) is 20.7. The Balaban J connectivity index is 1.22. The third-order valence-electron chi connectivity index (χ3n) is 8.28. The van der Waals surface area contributed by atoms with E-state index >= 15 is 0 Å². The summed E-state index contributed by atoms with van der Waals surface area (Å²) >= 11 is 0. The lowest BCUT2D eigenvalue weighted by Gasteiger charge is -2.30. The molecular weight excluding hydrogens is 404 g/mol. The summed E-state index contributed by atoms with van der Waals surface area (Å²) in [6.45, 7) is 4.63. The van der Waals surface area contributed by atoms with E-state index in [1.807, 2.05) is 12.1 Å². The number of esters is 1. The zero-order valence-electron chi connectivity index (χ0n) is 20.7. The molecule has 0 saturated heterocycles. The normalized spacial score (nSPS) is 26.5. The zero-order chi connectivity index (χ0) is 23.0. The number of ether oxygens (including phenoxy) is 1. The highest BCUT2D eigenvalue weighted by Gasteiger charge is 2.26. The SMILES string of the molecule is CCCC1CCC(OC(=O)c2ccc(C3CCC(CC(C)c4ccccc4)CC3)cc2)CC1. The molecule has 4 rings (SSSR count). The van der Waals surface area contributed by atoms with E-state index < -0.39 is 0 Å². The second-order valence-corrected chi connectivity index (χ2v) is 10.7. The molecule has 0 spiro atoms. The van der Waals surface area contributed by atoms with Crippen molar-refractivity contribution in [1.82, 2.24) is 0 Å². The van der Waals surface area contributed by atoms with Crippen LogP contribution in [-0.2, 0) is 4.74 Å². The van der Waals surface area contributed by atoms with Gasteiger partial charge in [0.2, 0.25) is 0 Å². The summed E-state index contributed by atoms with van der Waals surface area (Å²) in [4.78, 5) is 12.6. The minimum absolute atomic E-state index is 0.110. The van der Waals surface area contributed by atoms with Gasteiger partial charge in [-0.05, 0) is 105 Å². The molecular formula is C31H42O2. The fourth-order valence-electron chi connectivity index (χ4n) is 6.21. The molecule has 0 N–H and O–H groups in total. The van der Waals surface area contributed by atoms with Crippen LogP contribution in [0.25, 0.3) is 0 Å². The van der Waals surface area contributed by atoms with Gasteiger partial charge in [0.15, 0.2) is 0 Å². The van der Waals surface area contributed by atoms with Crippen LogP contribution in [0.4, 0.5) is 0 Å². The molecule has 2 aromatic rings. The minimum atomic E-state index is -0.140. The van der Waals surface area contributed by atoms with Gasteiger partial charge in [-0.3, -0.25) is 0 Å². The first kappa shape index (κ1) is 24.0. The van der Waals surface area contributed by atoms with Crippen molar-refractivity contribution >= 4 is 5.97 Å².